The van der Waals surface area contributed by atoms with E-state index in [1.165, 1.54) is 12.1 Å². The lowest BCUT2D eigenvalue weighted by Gasteiger charge is -2.15. The number of carbonyl (C=O) groups excluding carboxylic acids is 1. The van der Waals surface area contributed by atoms with Crippen LogP contribution in [-0.2, 0) is 16.1 Å². The van der Waals surface area contributed by atoms with E-state index in [4.69, 9.17) is 4.74 Å². The molecule has 0 fully saturated rings. The molecule has 1 N–H and O–H groups in total. The van der Waals surface area contributed by atoms with Crippen molar-refractivity contribution in [3.05, 3.63) is 71.5 Å². The molecule has 2 aromatic rings. The molecule has 0 saturated carbocycles. The van der Waals surface area contributed by atoms with Gasteiger partial charge in [0.1, 0.15) is 18.5 Å². The Kier molecular flexibility index (Phi) is 4.85. The molecule has 2 rings (SSSR count). The molecular weight excluding hydrogens is 257 g/mol. The van der Waals surface area contributed by atoms with E-state index in [9.17, 15) is 9.18 Å². The monoisotopic (exact) mass is 273 g/mol. The van der Waals surface area contributed by atoms with Gasteiger partial charge in [0, 0.05) is 0 Å². The number of carbonyl (C=O) groups is 1. The van der Waals surface area contributed by atoms with Gasteiger partial charge in [-0.25, -0.2) is 9.18 Å². The van der Waals surface area contributed by atoms with Crippen LogP contribution in [0, 0.1) is 5.82 Å². The van der Waals surface area contributed by atoms with Crippen molar-refractivity contribution >= 4 is 5.97 Å². The lowest BCUT2D eigenvalue weighted by molar-refractivity contribution is -0.147. The fourth-order valence-corrected chi connectivity index (χ4v) is 1.89. The molecule has 0 aliphatic rings. The number of hydrogen-bond donors (Lipinski definition) is 1. The number of rotatable bonds is 5. The summed E-state index contributed by atoms with van der Waals surface area (Å²) in [5.41, 5.74) is 1.60. The quantitative estimate of drug-likeness (QED) is 0.851. The van der Waals surface area contributed by atoms with Crippen LogP contribution in [0.2, 0.25) is 0 Å². The third-order valence-electron chi connectivity index (χ3n) is 2.95. The predicted molar refractivity (Wildman–Crippen MR) is 74.4 cm³/mol. The first-order chi connectivity index (χ1) is 9.70. The highest BCUT2D eigenvalue weighted by molar-refractivity contribution is 5.77. The molecule has 0 aliphatic carbocycles. The summed E-state index contributed by atoms with van der Waals surface area (Å²) in [6, 6.07) is 14.6. The van der Waals surface area contributed by atoms with Gasteiger partial charge in [0.2, 0.25) is 0 Å². The molecule has 0 saturated heterocycles. The number of hydrogen-bond acceptors (Lipinski definition) is 3. The molecule has 0 aromatic heterocycles. The van der Waals surface area contributed by atoms with Gasteiger partial charge in [0.15, 0.2) is 0 Å². The highest BCUT2D eigenvalue weighted by Crippen LogP contribution is 2.15. The van der Waals surface area contributed by atoms with Crippen molar-refractivity contribution in [2.75, 3.05) is 7.05 Å². The fraction of sp³-hybridized carbons (Fsp3) is 0.188. The summed E-state index contributed by atoms with van der Waals surface area (Å²) in [7, 11) is 1.66. The van der Waals surface area contributed by atoms with Crippen LogP contribution in [-0.4, -0.2) is 13.0 Å². The van der Waals surface area contributed by atoms with E-state index in [1.54, 1.807) is 19.2 Å². The molecule has 0 radical (unpaired) electrons. The Bertz CT molecular complexity index is 554. The molecule has 0 aliphatic heterocycles. The highest BCUT2D eigenvalue weighted by atomic mass is 19.1. The SMILES string of the molecule is CN[C@H](C(=O)OCc1ccccc1)c1ccc(F)cc1. The summed E-state index contributed by atoms with van der Waals surface area (Å²) in [6.07, 6.45) is 0. The molecule has 0 unspecified atom stereocenters. The van der Waals surface area contributed by atoms with Crippen molar-refractivity contribution in [2.24, 2.45) is 0 Å². The normalized spacial score (nSPS) is 11.9. The van der Waals surface area contributed by atoms with Crippen LogP contribution in [0.5, 0.6) is 0 Å². The molecule has 104 valence electrons. The van der Waals surface area contributed by atoms with Gasteiger partial charge in [-0.3, -0.25) is 0 Å². The Morgan fingerprint density at radius 2 is 1.80 bits per heavy atom. The van der Waals surface area contributed by atoms with Crippen LogP contribution in [0.3, 0.4) is 0 Å². The number of likely N-dealkylation sites (N-methyl/N-ethyl adjacent to an activating group) is 1. The molecule has 3 nitrogen and oxygen atoms in total. The largest absolute Gasteiger partial charge is 0.459 e. The van der Waals surface area contributed by atoms with E-state index in [0.29, 0.717) is 5.56 Å². The summed E-state index contributed by atoms with van der Waals surface area (Å²) in [5, 5.41) is 2.88. The highest BCUT2D eigenvalue weighted by Gasteiger charge is 2.20. The topological polar surface area (TPSA) is 38.3 Å². The zero-order valence-electron chi connectivity index (χ0n) is 11.2. The first-order valence-corrected chi connectivity index (χ1v) is 6.34. The first-order valence-electron chi connectivity index (χ1n) is 6.34. The smallest absolute Gasteiger partial charge is 0.328 e. The molecular formula is C16H16FNO2. The maximum atomic E-state index is 12.9. The minimum Gasteiger partial charge on any atom is -0.459 e. The van der Waals surface area contributed by atoms with Crippen molar-refractivity contribution in [2.45, 2.75) is 12.6 Å². The maximum Gasteiger partial charge on any atom is 0.328 e. The van der Waals surface area contributed by atoms with E-state index >= 15 is 0 Å². The third-order valence-corrected chi connectivity index (χ3v) is 2.95. The fourth-order valence-electron chi connectivity index (χ4n) is 1.89. The number of esters is 1. The average molecular weight is 273 g/mol. The zero-order chi connectivity index (χ0) is 14.4. The number of nitrogens with one attached hydrogen (secondary N) is 1. The third kappa shape index (κ3) is 3.65. The van der Waals surface area contributed by atoms with Crippen molar-refractivity contribution in [1.82, 2.24) is 5.32 Å². The van der Waals surface area contributed by atoms with Crippen molar-refractivity contribution < 1.29 is 13.9 Å². The van der Waals surface area contributed by atoms with E-state index < -0.39 is 6.04 Å². The van der Waals surface area contributed by atoms with Crippen LogP contribution in [0.25, 0.3) is 0 Å². The minimum absolute atomic E-state index is 0.221. The van der Waals surface area contributed by atoms with Crippen molar-refractivity contribution in [1.29, 1.82) is 0 Å². The first kappa shape index (κ1) is 14.2. The van der Waals surface area contributed by atoms with E-state index in [-0.39, 0.29) is 18.4 Å². The van der Waals surface area contributed by atoms with Gasteiger partial charge >= 0.3 is 5.97 Å². The number of benzene rings is 2. The van der Waals surface area contributed by atoms with Crippen LogP contribution in [0.1, 0.15) is 17.2 Å². The Morgan fingerprint density at radius 1 is 1.15 bits per heavy atom. The van der Waals surface area contributed by atoms with Gasteiger partial charge in [-0.2, -0.15) is 0 Å². The number of ether oxygens (including phenoxy) is 1. The Balaban J connectivity index is 2.00. The van der Waals surface area contributed by atoms with Gasteiger partial charge in [0.05, 0.1) is 0 Å². The second-order valence-electron chi connectivity index (χ2n) is 4.37. The summed E-state index contributed by atoms with van der Waals surface area (Å²) < 4.78 is 18.2. The Hall–Kier alpha value is -2.20. The maximum absolute atomic E-state index is 12.9. The molecule has 4 heteroatoms. The molecule has 20 heavy (non-hydrogen) atoms. The second-order valence-corrected chi connectivity index (χ2v) is 4.37. The number of halogens is 1. The van der Waals surface area contributed by atoms with E-state index in [1.807, 2.05) is 30.3 Å². The lowest BCUT2D eigenvalue weighted by Crippen LogP contribution is -2.27. The lowest BCUT2D eigenvalue weighted by atomic mass is 10.1. The minimum atomic E-state index is -0.598. The van der Waals surface area contributed by atoms with Crippen LogP contribution < -0.4 is 5.32 Å². The molecule has 1 atom stereocenters. The van der Waals surface area contributed by atoms with Crippen LogP contribution in [0.15, 0.2) is 54.6 Å². The Morgan fingerprint density at radius 3 is 2.40 bits per heavy atom. The van der Waals surface area contributed by atoms with E-state index in [2.05, 4.69) is 5.32 Å². The van der Waals surface area contributed by atoms with Crippen molar-refractivity contribution in [3.8, 4) is 0 Å². The molecule has 0 amide bonds. The van der Waals surface area contributed by atoms with Gasteiger partial charge < -0.3 is 10.1 Å². The van der Waals surface area contributed by atoms with Gasteiger partial charge in [-0.15, -0.1) is 0 Å². The van der Waals surface area contributed by atoms with E-state index in [0.717, 1.165) is 5.56 Å². The molecule has 0 spiro atoms. The summed E-state index contributed by atoms with van der Waals surface area (Å²) in [4.78, 5) is 12.1. The molecule has 2 aromatic carbocycles. The van der Waals surface area contributed by atoms with Crippen LogP contribution >= 0.6 is 0 Å². The van der Waals surface area contributed by atoms with Crippen LogP contribution in [0.4, 0.5) is 4.39 Å². The summed E-state index contributed by atoms with van der Waals surface area (Å²) in [6.45, 7) is 0.221. The molecule has 0 bridgehead atoms. The van der Waals surface area contributed by atoms with Gasteiger partial charge in [-0.1, -0.05) is 42.5 Å². The second kappa shape index (κ2) is 6.82. The van der Waals surface area contributed by atoms with Gasteiger partial charge in [0.25, 0.3) is 0 Å². The van der Waals surface area contributed by atoms with Gasteiger partial charge in [-0.05, 0) is 30.3 Å². The Labute approximate surface area is 117 Å². The summed E-state index contributed by atoms with van der Waals surface area (Å²) in [5.74, 6) is -0.718. The predicted octanol–water partition coefficient (Wildman–Crippen LogP) is 2.83. The standard InChI is InChI=1S/C16H16FNO2/c1-18-15(13-7-9-14(17)10-8-13)16(19)20-11-12-5-3-2-4-6-12/h2-10,15,18H,11H2,1H3/t15-/m0/s1. The zero-order valence-corrected chi connectivity index (χ0v) is 11.2. The summed E-state index contributed by atoms with van der Waals surface area (Å²) >= 11 is 0. The van der Waals surface area contributed by atoms with Crippen molar-refractivity contribution in [3.63, 3.8) is 0 Å². The molecule has 0 heterocycles. The average Bonchev–Trinajstić information content (AvgIpc) is 2.49.